The van der Waals surface area contributed by atoms with E-state index in [-0.39, 0.29) is 61.0 Å². The number of fused-ring (bicyclic) bond motifs is 2. The smallest absolute Gasteiger partial charge is 0.372 e. The van der Waals surface area contributed by atoms with Crippen LogP contribution in [-0.4, -0.2) is 90.8 Å². The second-order valence-electron chi connectivity index (χ2n) is 19.0. The van der Waals surface area contributed by atoms with Gasteiger partial charge < -0.3 is 35.0 Å². The molecule has 16 nitrogen and oxygen atoms in total. The zero-order valence-electron chi connectivity index (χ0n) is 39.4. The molecule has 4 atom stereocenters. The summed E-state index contributed by atoms with van der Waals surface area (Å²) >= 11 is 2.21. The Morgan fingerprint density at radius 2 is 1.71 bits per heavy atom. The number of hydrogen-bond acceptors (Lipinski definition) is 11. The number of alkyl halides is 2. The maximum atomic E-state index is 14.8. The molecular weight excluding hydrogens is 1000 g/mol. The van der Waals surface area contributed by atoms with Gasteiger partial charge in [-0.25, -0.2) is 4.98 Å². The van der Waals surface area contributed by atoms with Crippen molar-refractivity contribution in [1.82, 2.24) is 25.4 Å². The number of carbonyl (C=O) groups excluding carboxylic acids is 6. The van der Waals surface area contributed by atoms with Crippen LogP contribution in [0, 0.1) is 17.3 Å². The number of anilines is 1. The number of piperidine rings is 1. The van der Waals surface area contributed by atoms with Gasteiger partial charge in [-0.15, -0.1) is 11.3 Å². The fourth-order valence-electron chi connectivity index (χ4n) is 8.93. The van der Waals surface area contributed by atoms with Gasteiger partial charge in [0.2, 0.25) is 23.6 Å². The summed E-state index contributed by atoms with van der Waals surface area (Å²) in [6.45, 7) is 5.52. The van der Waals surface area contributed by atoms with E-state index < -0.39 is 72.1 Å². The van der Waals surface area contributed by atoms with Gasteiger partial charge in [-0.1, -0.05) is 98.5 Å². The van der Waals surface area contributed by atoms with Gasteiger partial charge in [-0.3, -0.25) is 38.6 Å². The second kappa shape index (κ2) is 20.1. The maximum absolute atomic E-state index is 14.8. The molecule has 2 unspecified atom stereocenters. The van der Waals surface area contributed by atoms with Gasteiger partial charge in [0.25, 0.3) is 11.8 Å². The lowest BCUT2D eigenvalue weighted by Gasteiger charge is -2.35. The van der Waals surface area contributed by atoms with Crippen LogP contribution >= 0.6 is 30.3 Å². The fourth-order valence-corrected chi connectivity index (χ4v) is 11.2. The van der Waals surface area contributed by atoms with E-state index in [0.29, 0.717) is 32.1 Å². The molecule has 3 aliphatic rings. The highest BCUT2D eigenvalue weighted by Gasteiger charge is 2.51. The van der Waals surface area contributed by atoms with Crippen LogP contribution in [0.25, 0.3) is 20.5 Å². The average molecular weight is 1050 g/mol. The minimum atomic E-state index is -5.85. The lowest BCUT2D eigenvalue weighted by Crippen LogP contribution is -2.57. The molecule has 0 radical (unpaired) electrons. The first-order valence-electron chi connectivity index (χ1n) is 23.0. The van der Waals surface area contributed by atoms with Crippen molar-refractivity contribution in [2.24, 2.45) is 5.41 Å². The Hall–Kier alpha value is -6.98. The van der Waals surface area contributed by atoms with Crippen molar-refractivity contribution in [3.8, 4) is 22.3 Å². The first-order valence-corrected chi connectivity index (χ1v) is 26.3. The molecule has 0 spiro atoms. The maximum Gasteiger partial charge on any atom is 0.399 e. The lowest BCUT2D eigenvalue weighted by molar-refractivity contribution is -0.140. The summed E-state index contributed by atoms with van der Waals surface area (Å²) in [5.74, 6) is 3.39. The molecule has 5 heterocycles. The van der Waals surface area contributed by atoms with Crippen LogP contribution in [0.1, 0.15) is 87.9 Å². The normalized spacial score (nSPS) is 18.5. The number of amides is 6. The minimum absolute atomic E-state index is 0.0135. The molecule has 376 valence electrons. The largest absolute Gasteiger partial charge is 0.399 e. The molecule has 2 aromatic heterocycles. The molecule has 0 aliphatic carbocycles. The summed E-state index contributed by atoms with van der Waals surface area (Å²) in [7, 11) is -5.85. The molecule has 0 saturated carbocycles. The quantitative estimate of drug-likeness (QED) is 0.0462. The molecule has 4 aromatic carbocycles. The van der Waals surface area contributed by atoms with Crippen molar-refractivity contribution in [3.05, 3.63) is 142 Å². The van der Waals surface area contributed by atoms with Gasteiger partial charge in [0.15, 0.2) is 5.13 Å². The molecule has 0 bridgehead atoms. The van der Waals surface area contributed by atoms with Gasteiger partial charge in [0, 0.05) is 59.1 Å². The number of benzene rings is 4. The third kappa shape index (κ3) is 10.7. The number of ether oxygens (including phenoxy) is 1. The van der Waals surface area contributed by atoms with Crippen LogP contribution in [0.4, 0.5) is 13.9 Å². The van der Waals surface area contributed by atoms with E-state index in [0.717, 1.165) is 39.5 Å². The van der Waals surface area contributed by atoms with Crippen LogP contribution in [0.5, 0.6) is 0 Å². The fraction of sp³-hybridized carbons (Fsp3) is 0.288. The minimum Gasteiger partial charge on any atom is -0.372 e. The molecular formula is C52H47F2N6O10PS2. The van der Waals surface area contributed by atoms with Crippen molar-refractivity contribution < 1.29 is 56.6 Å². The predicted molar refractivity (Wildman–Crippen MR) is 268 cm³/mol. The zero-order valence-corrected chi connectivity index (χ0v) is 41.9. The first kappa shape index (κ1) is 50.9. The van der Waals surface area contributed by atoms with Crippen LogP contribution < -0.4 is 16.0 Å². The van der Waals surface area contributed by atoms with Crippen LogP contribution in [0.15, 0.2) is 103 Å². The highest BCUT2D eigenvalue weighted by Crippen LogP contribution is 2.59. The van der Waals surface area contributed by atoms with Gasteiger partial charge in [0.1, 0.15) is 18.1 Å². The Kier molecular flexibility index (Phi) is 14.1. The van der Waals surface area contributed by atoms with E-state index >= 15 is 0 Å². The van der Waals surface area contributed by atoms with E-state index in [2.05, 4.69) is 32.8 Å². The van der Waals surface area contributed by atoms with Crippen LogP contribution in [0.3, 0.4) is 0 Å². The Morgan fingerprint density at radius 1 is 0.959 bits per heavy atom. The third-order valence-corrected chi connectivity index (χ3v) is 15.9. The number of likely N-dealkylation sites (tertiary alicyclic amines) is 1. The van der Waals surface area contributed by atoms with E-state index in [1.54, 1.807) is 39.1 Å². The summed E-state index contributed by atoms with van der Waals surface area (Å²) in [6.07, 6.45) is 1.52. The van der Waals surface area contributed by atoms with E-state index in [4.69, 9.17) is 4.74 Å². The lowest BCUT2D eigenvalue weighted by atomic mass is 9.85. The van der Waals surface area contributed by atoms with Crippen molar-refractivity contribution in [2.75, 3.05) is 11.9 Å². The number of carbonyl (C=O) groups is 6. The van der Waals surface area contributed by atoms with Gasteiger partial charge >= 0.3 is 13.3 Å². The van der Waals surface area contributed by atoms with Gasteiger partial charge in [-0.2, -0.15) is 8.78 Å². The molecule has 2 saturated heterocycles. The van der Waals surface area contributed by atoms with Crippen molar-refractivity contribution in [1.29, 1.82) is 0 Å². The summed E-state index contributed by atoms with van der Waals surface area (Å²) in [5.41, 5.74) is -2.12. The van der Waals surface area contributed by atoms with Crippen LogP contribution in [-0.2, 0) is 47.3 Å². The number of thiazole rings is 1. The monoisotopic (exact) mass is 1050 g/mol. The molecule has 6 aromatic rings. The Bertz CT molecular complexity index is 3310. The number of imide groups is 1. The van der Waals surface area contributed by atoms with E-state index in [9.17, 15) is 51.9 Å². The number of hydrogen-bond donors (Lipinski definition) is 5. The number of nitrogens with zero attached hydrogens (tertiary/aromatic N) is 3. The summed E-state index contributed by atoms with van der Waals surface area (Å²) in [4.78, 5) is 107. The van der Waals surface area contributed by atoms with E-state index in [1.165, 1.54) is 33.3 Å². The molecule has 6 amide bonds. The topological polar surface area (TPSA) is 225 Å². The highest BCUT2D eigenvalue weighted by molar-refractivity contribution is 7.52. The molecule has 21 heteroatoms. The number of nitrogens with one attached hydrogen (secondary N) is 3. The molecule has 5 N–H and O–H groups in total. The molecule has 9 rings (SSSR count). The number of thiophene rings is 1. The zero-order chi connectivity index (χ0) is 52.0. The summed E-state index contributed by atoms with van der Waals surface area (Å²) in [5, 5.41) is 8.46. The third-order valence-electron chi connectivity index (χ3n) is 12.8. The SMILES string of the molecule is CC(C)(C)C(NC(=O)c1cc2cc(C(F)(F)P(=O)(O)O)ccc2s1)C(=O)N1C[C@H](OCc2ccc(C#Cc3cccc4c3CN(C3CCC(=O)NC3=O)C4=O)cc2)C[C@H]1C(=O)Nc1ncc(-c2ccccc2)s1. The van der Waals surface area contributed by atoms with Crippen molar-refractivity contribution in [2.45, 2.75) is 83.1 Å². The van der Waals surface area contributed by atoms with Gasteiger partial charge in [0.05, 0.1) is 22.5 Å². The van der Waals surface area contributed by atoms with Crippen molar-refractivity contribution >= 4 is 80.9 Å². The Morgan fingerprint density at radius 3 is 2.42 bits per heavy atom. The van der Waals surface area contributed by atoms with E-state index in [1.807, 2.05) is 60.7 Å². The summed E-state index contributed by atoms with van der Waals surface area (Å²) < 4.78 is 47.5. The Balaban J connectivity index is 0.903. The molecule has 73 heavy (non-hydrogen) atoms. The van der Waals surface area contributed by atoms with Gasteiger partial charge in [-0.05, 0) is 76.4 Å². The average Bonchev–Trinajstić information content (AvgIpc) is 4.17. The molecule has 2 fully saturated rings. The number of halogens is 2. The highest BCUT2D eigenvalue weighted by atomic mass is 32.1. The number of aromatic nitrogens is 1. The molecule has 3 aliphatic heterocycles. The van der Waals surface area contributed by atoms with Crippen LogP contribution in [0.2, 0.25) is 0 Å². The predicted octanol–water partition coefficient (Wildman–Crippen LogP) is 7.38. The summed E-state index contributed by atoms with van der Waals surface area (Å²) in [6, 6.07) is 23.4. The van der Waals surface area contributed by atoms with Crippen molar-refractivity contribution in [3.63, 3.8) is 0 Å². The first-order chi connectivity index (χ1) is 34.6. The Labute approximate surface area is 425 Å². The second-order valence-corrected chi connectivity index (χ2v) is 22.7. The standard InChI is InChI=1S/C52H47F2N6O10PS2/c1-51(2,3)44(57-47(64)41-23-33-22-34(18-20-40(33)72-41)52(53,54)71(67,68)69)49(66)59-26-35(24-39(59)46(63)58-50-55-25-42(73-50)32-8-5-4-6-9-32)70-28-30-14-12-29(13-15-30)16-17-31-10-7-11-36-37(31)27-60(48(36)65)38-19-21-43(61)56-45(38)62/h4-15,18,20,22-23,25,35,38-39,44H,19,21,24,26-28H2,1-3H3,(H,57,64)(H,55,58,63)(H,56,61,62)(H2,67,68,69)/t35-,38?,39+,44?/m1/s1. The number of rotatable bonds is 12.